The van der Waals surface area contributed by atoms with Crippen LogP contribution in [-0.4, -0.2) is 4.98 Å². The van der Waals surface area contributed by atoms with Gasteiger partial charge in [-0.05, 0) is 15.9 Å². The smallest absolute Gasteiger partial charge is 0.226 e. The third-order valence-electron chi connectivity index (χ3n) is 1.18. The highest BCUT2D eigenvalue weighted by molar-refractivity contribution is 9.10. The lowest BCUT2D eigenvalue weighted by Gasteiger charge is -2.04. The zero-order chi connectivity index (χ0) is 9.30. The van der Waals surface area contributed by atoms with Crippen LogP contribution < -0.4 is 0 Å². The Morgan fingerprint density at radius 3 is 2.50 bits per heavy atom. The van der Waals surface area contributed by atoms with Gasteiger partial charge >= 0.3 is 0 Å². The van der Waals surface area contributed by atoms with E-state index in [1.54, 1.807) is 0 Å². The van der Waals surface area contributed by atoms with E-state index in [1.807, 2.05) is 0 Å². The standard InChI is InChI=1S/C6H2BrClF3N/c7-4-2(8)1-12-6(11)3(4)5(9)10/h1,5H. The quantitative estimate of drug-likeness (QED) is 0.703. The molecule has 0 aliphatic heterocycles. The van der Waals surface area contributed by atoms with Gasteiger partial charge in [-0.3, -0.25) is 0 Å². The monoisotopic (exact) mass is 259 g/mol. The first kappa shape index (κ1) is 9.80. The molecule has 0 radical (unpaired) electrons. The van der Waals surface area contributed by atoms with Crippen LogP contribution in [0.5, 0.6) is 0 Å². The molecule has 0 N–H and O–H groups in total. The first-order chi connectivity index (χ1) is 5.54. The Hall–Kier alpha value is -0.290. The molecular weight excluding hydrogens is 258 g/mol. The molecule has 66 valence electrons. The lowest BCUT2D eigenvalue weighted by atomic mass is 10.3. The average molecular weight is 260 g/mol. The summed E-state index contributed by atoms with van der Waals surface area (Å²) in [6.07, 6.45) is -1.96. The van der Waals surface area contributed by atoms with Crippen LogP contribution in [-0.2, 0) is 0 Å². The molecule has 0 saturated heterocycles. The van der Waals surface area contributed by atoms with Crippen LogP contribution in [0.3, 0.4) is 0 Å². The predicted octanol–water partition coefficient (Wildman–Crippen LogP) is 3.57. The molecule has 0 aromatic carbocycles. The van der Waals surface area contributed by atoms with E-state index in [0.717, 1.165) is 6.20 Å². The summed E-state index contributed by atoms with van der Waals surface area (Å²) in [6, 6.07) is 0. The Kier molecular flexibility index (Phi) is 2.95. The maximum absolute atomic E-state index is 12.6. The Morgan fingerprint density at radius 2 is 2.08 bits per heavy atom. The number of alkyl halides is 2. The fourth-order valence-electron chi connectivity index (χ4n) is 0.645. The molecule has 0 fully saturated rings. The summed E-state index contributed by atoms with van der Waals surface area (Å²) in [7, 11) is 0. The molecule has 0 atom stereocenters. The summed E-state index contributed by atoms with van der Waals surface area (Å²) in [4.78, 5) is 3.05. The molecule has 1 heterocycles. The first-order valence-electron chi connectivity index (χ1n) is 2.81. The van der Waals surface area contributed by atoms with Crippen molar-refractivity contribution in [2.45, 2.75) is 6.43 Å². The van der Waals surface area contributed by atoms with E-state index in [9.17, 15) is 13.2 Å². The topological polar surface area (TPSA) is 12.9 Å². The maximum atomic E-state index is 12.6. The van der Waals surface area contributed by atoms with Crippen molar-refractivity contribution in [1.29, 1.82) is 0 Å². The van der Waals surface area contributed by atoms with E-state index >= 15 is 0 Å². The molecule has 0 unspecified atom stereocenters. The van der Waals surface area contributed by atoms with Gasteiger partial charge in [-0.15, -0.1) is 0 Å². The Balaban J connectivity index is 3.33. The highest BCUT2D eigenvalue weighted by atomic mass is 79.9. The van der Waals surface area contributed by atoms with Crippen molar-refractivity contribution in [1.82, 2.24) is 4.98 Å². The summed E-state index contributed by atoms with van der Waals surface area (Å²) in [5, 5.41) is -0.0355. The normalized spacial score (nSPS) is 10.8. The van der Waals surface area contributed by atoms with Gasteiger partial charge in [-0.25, -0.2) is 13.8 Å². The summed E-state index contributed by atoms with van der Waals surface area (Å²) in [5.41, 5.74) is -0.803. The van der Waals surface area contributed by atoms with Gasteiger partial charge in [0.25, 0.3) is 6.43 Å². The van der Waals surface area contributed by atoms with Gasteiger partial charge in [-0.2, -0.15) is 4.39 Å². The molecule has 0 aliphatic carbocycles. The lowest BCUT2D eigenvalue weighted by molar-refractivity contribution is 0.144. The molecule has 1 rings (SSSR count). The molecule has 1 nitrogen and oxygen atoms in total. The molecule has 0 spiro atoms. The van der Waals surface area contributed by atoms with Crippen LogP contribution in [0.25, 0.3) is 0 Å². The number of halogens is 5. The zero-order valence-electron chi connectivity index (χ0n) is 5.49. The van der Waals surface area contributed by atoms with Crippen LogP contribution >= 0.6 is 27.5 Å². The number of hydrogen-bond donors (Lipinski definition) is 0. The van der Waals surface area contributed by atoms with Gasteiger partial charge in [0, 0.05) is 6.20 Å². The Bertz CT molecular complexity index is 305. The molecule has 1 aromatic rings. The van der Waals surface area contributed by atoms with Crippen molar-refractivity contribution in [2.24, 2.45) is 0 Å². The van der Waals surface area contributed by atoms with E-state index in [0.29, 0.717) is 0 Å². The minimum atomic E-state index is -2.93. The number of nitrogens with zero attached hydrogens (tertiary/aromatic N) is 1. The van der Waals surface area contributed by atoms with E-state index in [-0.39, 0.29) is 9.50 Å². The van der Waals surface area contributed by atoms with Crippen molar-refractivity contribution >= 4 is 27.5 Å². The first-order valence-corrected chi connectivity index (χ1v) is 3.98. The predicted molar refractivity (Wildman–Crippen MR) is 41.9 cm³/mol. The molecule has 0 aliphatic rings. The van der Waals surface area contributed by atoms with Gasteiger partial charge in [0.15, 0.2) is 0 Å². The van der Waals surface area contributed by atoms with Gasteiger partial charge < -0.3 is 0 Å². The molecule has 0 saturated carbocycles. The highest BCUT2D eigenvalue weighted by Crippen LogP contribution is 2.33. The second kappa shape index (κ2) is 3.62. The maximum Gasteiger partial charge on any atom is 0.269 e. The summed E-state index contributed by atoms with van der Waals surface area (Å²) < 4.78 is 36.7. The minimum absolute atomic E-state index is 0.0355. The SMILES string of the molecule is Fc1ncc(Cl)c(Br)c1C(F)F. The van der Waals surface area contributed by atoms with E-state index in [4.69, 9.17) is 11.6 Å². The van der Waals surface area contributed by atoms with E-state index < -0.39 is 17.9 Å². The molecule has 1 aromatic heterocycles. The second-order valence-electron chi connectivity index (χ2n) is 1.93. The largest absolute Gasteiger partial charge is 0.269 e. The van der Waals surface area contributed by atoms with E-state index in [2.05, 4.69) is 20.9 Å². The fraction of sp³-hybridized carbons (Fsp3) is 0.167. The van der Waals surface area contributed by atoms with Crippen molar-refractivity contribution in [3.05, 3.63) is 27.2 Å². The van der Waals surface area contributed by atoms with Gasteiger partial charge in [0.2, 0.25) is 5.95 Å². The van der Waals surface area contributed by atoms with Crippen molar-refractivity contribution in [3.63, 3.8) is 0 Å². The van der Waals surface area contributed by atoms with Crippen LogP contribution in [0.15, 0.2) is 10.7 Å². The average Bonchev–Trinajstić information content (AvgIpc) is 1.97. The van der Waals surface area contributed by atoms with Crippen LogP contribution in [0, 0.1) is 5.95 Å². The molecular formula is C6H2BrClF3N. The summed E-state index contributed by atoms with van der Waals surface area (Å²) in [5.74, 6) is -1.21. The number of rotatable bonds is 1. The van der Waals surface area contributed by atoms with Crippen LogP contribution in [0.2, 0.25) is 5.02 Å². The van der Waals surface area contributed by atoms with Crippen molar-refractivity contribution in [2.75, 3.05) is 0 Å². The zero-order valence-corrected chi connectivity index (χ0v) is 7.83. The Morgan fingerprint density at radius 1 is 1.50 bits per heavy atom. The summed E-state index contributed by atoms with van der Waals surface area (Å²) in [6.45, 7) is 0. The van der Waals surface area contributed by atoms with Gasteiger partial charge in [0.1, 0.15) is 0 Å². The molecule has 0 amide bonds. The van der Waals surface area contributed by atoms with Gasteiger partial charge in [0.05, 0.1) is 15.1 Å². The number of aromatic nitrogens is 1. The van der Waals surface area contributed by atoms with Crippen molar-refractivity contribution < 1.29 is 13.2 Å². The lowest BCUT2D eigenvalue weighted by Crippen LogP contribution is -1.96. The number of hydrogen-bond acceptors (Lipinski definition) is 1. The Labute approximate surface area is 79.7 Å². The number of pyridine rings is 1. The van der Waals surface area contributed by atoms with Gasteiger partial charge in [-0.1, -0.05) is 11.6 Å². The van der Waals surface area contributed by atoms with Crippen LogP contribution in [0.4, 0.5) is 13.2 Å². The fourth-order valence-corrected chi connectivity index (χ4v) is 1.23. The van der Waals surface area contributed by atoms with Crippen LogP contribution in [0.1, 0.15) is 12.0 Å². The minimum Gasteiger partial charge on any atom is -0.226 e. The van der Waals surface area contributed by atoms with Crippen molar-refractivity contribution in [3.8, 4) is 0 Å². The van der Waals surface area contributed by atoms with E-state index in [1.165, 1.54) is 0 Å². The summed E-state index contributed by atoms with van der Waals surface area (Å²) >= 11 is 8.16. The highest BCUT2D eigenvalue weighted by Gasteiger charge is 2.20. The molecule has 12 heavy (non-hydrogen) atoms. The third kappa shape index (κ3) is 1.72. The second-order valence-corrected chi connectivity index (χ2v) is 3.13. The molecule has 6 heteroatoms. The molecule has 0 bridgehead atoms. The third-order valence-corrected chi connectivity index (χ3v) is 2.55.